The number of nitrogens with zero attached hydrogens (tertiary/aromatic N) is 6. The number of benzene rings is 6. The fraction of sp³-hybridized carbons (Fsp3) is 0. The fourth-order valence-corrected chi connectivity index (χ4v) is 7.46. The molecule has 6 aromatic carbocycles. The maximum absolute atomic E-state index is 5.16. The van der Waals surface area contributed by atoms with Gasteiger partial charge in [-0.15, -0.1) is 0 Å². The molecule has 4 heterocycles. The molecular weight excluding hydrogens is 685 g/mol. The average Bonchev–Trinajstić information content (AvgIpc) is 3.29. The highest BCUT2D eigenvalue weighted by molar-refractivity contribution is 6.12. The van der Waals surface area contributed by atoms with Crippen LogP contribution in [-0.2, 0) is 0 Å². The van der Waals surface area contributed by atoms with E-state index >= 15 is 0 Å². The molecule has 0 atom stereocenters. The van der Waals surface area contributed by atoms with E-state index in [0.29, 0.717) is 11.6 Å². The van der Waals surface area contributed by atoms with Gasteiger partial charge in [0, 0.05) is 58.2 Å². The Balaban J connectivity index is 1.14. The van der Waals surface area contributed by atoms with E-state index in [1.807, 2.05) is 60.7 Å². The van der Waals surface area contributed by atoms with Crippen LogP contribution in [0.4, 0.5) is 0 Å². The molecule has 0 amide bonds. The van der Waals surface area contributed by atoms with Gasteiger partial charge in [-0.2, -0.15) is 0 Å². The van der Waals surface area contributed by atoms with E-state index in [-0.39, 0.29) is 0 Å². The summed E-state index contributed by atoms with van der Waals surface area (Å²) < 4.78 is 0. The van der Waals surface area contributed by atoms with Gasteiger partial charge in [0.05, 0.1) is 22.8 Å². The van der Waals surface area contributed by atoms with Gasteiger partial charge in [0.1, 0.15) is 0 Å². The second-order valence-electron chi connectivity index (χ2n) is 13.5. The lowest BCUT2D eigenvalue weighted by atomic mass is 9.89. The lowest BCUT2D eigenvalue weighted by Crippen LogP contribution is -1.97. The molecule has 0 unspecified atom stereocenters. The van der Waals surface area contributed by atoms with E-state index < -0.39 is 0 Å². The first-order valence-electron chi connectivity index (χ1n) is 18.5. The Morgan fingerprint density at radius 2 is 0.571 bits per heavy atom. The van der Waals surface area contributed by atoms with Crippen molar-refractivity contribution in [3.63, 3.8) is 0 Å². The Morgan fingerprint density at radius 1 is 0.250 bits per heavy atom. The quantitative estimate of drug-likeness (QED) is 0.163. The summed E-state index contributed by atoms with van der Waals surface area (Å²) in [5, 5.41) is 4.51. The molecular formula is C50H32N6. The van der Waals surface area contributed by atoms with E-state index in [2.05, 4.69) is 119 Å². The Labute approximate surface area is 324 Å². The number of pyridine rings is 2. The summed E-state index contributed by atoms with van der Waals surface area (Å²) in [7, 11) is 0. The predicted molar refractivity (Wildman–Crippen MR) is 226 cm³/mol. The molecule has 0 aliphatic heterocycles. The molecule has 0 fully saturated rings. The van der Waals surface area contributed by atoms with Crippen LogP contribution in [0.3, 0.4) is 0 Å². The molecule has 0 spiro atoms. The third-order valence-corrected chi connectivity index (χ3v) is 10.2. The topological polar surface area (TPSA) is 77.3 Å². The third-order valence-electron chi connectivity index (χ3n) is 10.2. The van der Waals surface area contributed by atoms with Crippen LogP contribution >= 0.6 is 0 Å². The number of rotatable bonds is 7. The van der Waals surface area contributed by atoms with Crippen molar-refractivity contribution in [3.05, 3.63) is 195 Å². The molecule has 6 heteroatoms. The zero-order valence-corrected chi connectivity index (χ0v) is 30.2. The van der Waals surface area contributed by atoms with Crippen molar-refractivity contribution in [2.24, 2.45) is 0 Å². The number of hydrogen-bond acceptors (Lipinski definition) is 6. The van der Waals surface area contributed by atoms with E-state index in [4.69, 9.17) is 19.9 Å². The molecule has 0 bridgehead atoms. The molecule has 10 rings (SSSR count). The molecule has 6 nitrogen and oxygen atoms in total. The van der Waals surface area contributed by atoms with Gasteiger partial charge < -0.3 is 0 Å². The first-order valence-corrected chi connectivity index (χ1v) is 18.5. The number of hydrogen-bond donors (Lipinski definition) is 0. The molecule has 56 heavy (non-hydrogen) atoms. The lowest BCUT2D eigenvalue weighted by molar-refractivity contribution is 1.18. The molecule has 10 aromatic rings. The minimum absolute atomic E-state index is 0.678. The molecule has 0 saturated carbocycles. The fourth-order valence-electron chi connectivity index (χ4n) is 7.46. The average molecular weight is 717 g/mol. The summed E-state index contributed by atoms with van der Waals surface area (Å²) in [4.78, 5) is 28.8. The first kappa shape index (κ1) is 32.9. The van der Waals surface area contributed by atoms with Crippen LogP contribution in [0.5, 0.6) is 0 Å². The lowest BCUT2D eigenvalue weighted by Gasteiger charge is -2.16. The highest BCUT2D eigenvalue weighted by atomic mass is 14.9. The molecule has 0 N–H and O–H groups in total. The van der Waals surface area contributed by atoms with Crippen molar-refractivity contribution in [2.75, 3.05) is 0 Å². The van der Waals surface area contributed by atoms with Crippen molar-refractivity contribution in [1.82, 2.24) is 29.9 Å². The van der Waals surface area contributed by atoms with Gasteiger partial charge in [-0.1, -0.05) is 133 Å². The van der Waals surface area contributed by atoms with Gasteiger partial charge in [-0.05, 0) is 69.1 Å². The van der Waals surface area contributed by atoms with Crippen molar-refractivity contribution in [3.8, 4) is 78.9 Å². The van der Waals surface area contributed by atoms with Crippen LogP contribution in [0.15, 0.2) is 195 Å². The van der Waals surface area contributed by atoms with Gasteiger partial charge in [-0.25, -0.2) is 19.9 Å². The van der Waals surface area contributed by atoms with E-state index in [1.54, 1.807) is 24.8 Å². The van der Waals surface area contributed by atoms with Crippen molar-refractivity contribution < 1.29 is 0 Å². The molecule has 0 aliphatic carbocycles. The minimum atomic E-state index is 0.678. The van der Waals surface area contributed by atoms with Crippen molar-refractivity contribution >= 4 is 21.5 Å². The first-order chi connectivity index (χ1) is 27.8. The normalized spacial score (nSPS) is 11.2. The second-order valence-corrected chi connectivity index (χ2v) is 13.5. The summed E-state index contributed by atoms with van der Waals surface area (Å²) in [6.45, 7) is 0. The highest BCUT2D eigenvalue weighted by Gasteiger charge is 2.18. The third kappa shape index (κ3) is 6.15. The van der Waals surface area contributed by atoms with Gasteiger partial charge in [0.15, 0.2) is 11.6 Å². The Hall–Kier alpha value is -7.70. The van der Waals surface area contributed by atoms with Crippen LogP contribution in [0.1, 0.15) is 0 Å². The van der Waals surface area contributed by atoms with Gasteiger partial charge >= 0.3 is 0 Å². The maximum Gasteiger partial charge on any atom is 0.160 e. The Morgan fingerprint density at radius 3 is 0.964 bits per heavy atom. The van der Waals surface area contributed by atoms with Gasteiger partial charge in [0.25, 0.3) is 0 Å². The molecule has 0 aliphatic rings. The summed E-state index contributed by atoms with van der Waals surface area (Å²) in [6.07, 6.45) is 7.19. The highest BCUT2D eigenvalue weighted by Crippen LogP contribution is 2.41. The van der Waals surface area contributed by atoms with Crippen molar-refractivity contribution in [2.45, 2.75) is 0 Å². The molecule has 4 aromatic heterocycles. The standard InChI is InChI=1S/C50H32N6/c1-3-11-35(12-4-1)49-53-45(33-23-27-51-28-24-33)31-47(55-49)43-21-19-41(37-15-7-9-17-39(37)43)42-20-22-44(40-18-10-8-16-38(40)42)48-32-46(34-25-29-52-30-26-34)54-50(56-48)36-13-5-2-6-14-36/h1-32H. The summed E-state index contributed by atoms with van der Waals surface area (Å²) in [5.41, 5.74) is 11.7. The van der Waals surface area contributed by atoms with Gasteiger partial charge in [-0.3, -0.25) is 9.97 Å². The Kier molecular flexibility index (Phi) is 8.39. The number of aromatic nitrogens is 6. The van der Waals surface area contributed by atoms with E-state index in [0.717, 1.165) is 88.8 Å². The zero-order chi connectivity index (χ0) is 37.3. The van der Waals surface area contributed by atoms with Crippen LogP contribution in [0.2, 0.25) is 0 Å². The summed E-state index contributed by atoms with van der Waals surface area (Å²) >= 11 is 0. The monoisotopic (exact) mass is 716 g/mol. The molecule has 262 valence electrons. The van der Waals surface area contributed by atoms with Crippen LogP contribution in [0.25, 0.3) is 100 Å². The SMILES string of the molecule is c1ccc(-c2nc(-c3ccncc3)cc(-c3ccc(-c4ccc(-c5cc(-c6ccncc6)nc(-c6ccccc6)n5)c5ccccc45)c4ccccc34)n2)cc1. The summed E-state index contributed by atoms with van der Waals surface area (Å²) in [5.74, 6) is 1.36. The van der Waals surface area contributed by atoms with Crippen LogP contribution in [-0.4, -0.2) is 29.9 Å². The van der Waals surface area contributed by atoms with Crippen LogP contribution < -0.4 is 0 Å². The Bertz CT molecular complexity index is 2680. The second kappa shape index (κ2) is 14.3. The summed E-state index contributed by atoms with van der Waals surface area (Å²) in [6, 6.07) is 58.5. The maximum atomic E-state index is 5.16. The molecule has 0 saturated heterocycles. The van der Waals surface area contributed by atoms with E-state index in [9.17, 15) is 0 Å². The smallest absolute Gasteiger partial charge is 0.160 e. The molecule has 0 radical (unpaired) electrons. The number of fused-ring (bicyclic) bond motifs is 2. The van der Waals surface area contributed by atoms with E-state index in [1.165, 1.54) is 0 Å². The van der Waals surface area contributed by atoms with Crippen LogP contribution in [0, 0.1) is 0 Å². The predicted octanol–water partition coefficient (Wildman–Crippen LogP) is 12.0. The minimum Gasteiger partial charge on any atom is -0.265 e. The van der Waals surface area contributed by atoms with Gasteiger partial charge in [0.2, 0.25) is 0 Å². The largest absolute Gasteiger partial charge is 0.265 e. The zero-order valence-electron chi connectivity index (χ0n) is 30.2. The van der Waals surface area contributed by atoms with Crippen molar-refractivity contribution in [1.29, 1.82) is 0 Å².